The minimum absolute atomic E-state index is 0.133. The van der Waals surface area contributed by atoms with E-state index in [4.69, 9.17) is 26.6 Å². The minimum Gasteiger partial charge on any atom is -0.394 e. The lowest BCUT2D eigenvalue weighted by atomic mass is 10.1. The molecule has 0 aliphatic rings. The van der Waals surface area contributed by atoms with Crippen LogP contribution in [-0.4, -0.2) is 34.5 Å². The predicted octanol–water partition coefficient (Wildman–Crippen LogP) is 0.461. The summed E-state index contributed by atoms with van der Waals surface area (Å²) >= 11 is 5.87. The van der Waals surface area contributed by atoms with E-state index in [9.17, 15) is 4.79 Å². The second-order valence-corrected chi connectivity index (χ2v) is 3.99. The quantitative estimate of drug-likeness (QED) is 0.650. The summed E-state index contributed by atoms with van der Waals surface area (Å²) < 4.78 is 5.24. The zero-order valence-electron chi connectivity index (χ0n) is 9.57. The number of halogens is 1. The molecule has 6 heteroatoms. The molecule has 1 rings (SSSR count). The van der Waals surface area contributed by atoms with E-state index in [0.29, 0.717) is 17.5 Å². The van der Waals surface area contributed by atoms with Crippen LogP contribution in [0.2, 0.25) is 5.15 Å². The molecule has 5 nitrogen and oxygen atoms in total. The van der Waals surface area contributed by atoms with E-state index in [1.165, 1.54) is 0 Å². The lowest BCUT2D eigenvalue weighted by Crippen LogP contribution is -2.22. The summed E-state index contributed by atoms with van der Waals surface area (Å²) in [7, 11) is 0. The maximum absolute atomic E-state index is 11.4. The van der Waals surface area contributed by atoms with Crippen LogP contribution in [0.4, 0.5) is 0 Å². The Kier molecular flexibility index (Phi) is 5.64. The van der Waals surface area contributed by atoms with E-state index in [0.717, 1.165) is 0 Å². The van der Waals surface area contributed by atoms with Crippen LogP contribution in [0.15, 0.2) is 10.9 Å². The van der Waals surface area contributed by atoms with Crippen LogP contribution in [0.5, 0.6) is 0 Å². The maximum atomic E-state index is 11.4. The molecule has 1 aromatic heterocycles. The van der Waals surface area contributed by atoms with Gasteiger partial charge < -0.3 is 19.9 Å². The lowest BCUT2D eigenvalue weighted by Gasteiger charge is -2.13. The molecule has 0 saturated carbocycles. The average molecular weight is 262 g/mol. The molecule has 0 spiro atoms. The molecule has 0 amide bonds. The topological polar surface area (TPSA) is 82.5 Å². The summed E-state index contributed by atoms with van der Waals surface area (Å²) in [6.45, 7) is 1.47. The molecule has 0 aliphatic carbocycles. The number of aromatic nitrogens is 1. The zero-order valence-corrected chi connectivity index (χ0v) is 10.3. The van der Waals surface area contributed by atoms with Crippen LogP contribution in [0.1, 0.15) is 18.1 Å². The first-order chi connectivity index (χ1) is 8.12. The summed E-state index contributed by atoms with van der Waals surface area (Å²) in [6.07, 6.45) is -0.0359. The highest BCUT2D eigenvalue weighted by Crippen LogP contribution is 2.14. The number of aliphatic hydroxyl groups is 2. The van der Waals surface area contributed by atoms with Crippen LogP contribution in [0.25, 0.3) is 0 Å². The molecule has 3 N–H and O–H groups in total. The summed E-state index contributed by atoms with van der Waals surface area (Å²) in [6, 6.07) is 1.67. The van der Waals surface area contributed by atoms with Gasteiger partial charge in [0.05, 0.1) is 19.8 Å². The van der Waals surface area contributed by atoms with Crippen molar-refractivity contribution in [3.63, 3.8) is 0 Å². The molecule has 0 saturated heterocycles. The van der Waals surface area contributed by atoms with Crippen molar-refractivity contribution in [3.05, 3.63) is 32.7 Å². The number of aliphatic hydroxyl groups excluding tert-OH is 2. The Hall–Kier alpha value is -0.880. The summed E-state index contributed by atoms with van der Waals surface area (Å²) in [5.41, 5.74) is 1.05. The Bertz CT molecular complexity index is 414. The van der Waals surface area contributed by atoms with Crippen molar-refractivity contribution in [2.24, 2.45) is 0 Å². The minimum atomic E-state index is -0.636. The first-order valence-electron chi connectivity index (χ1n) is 5.36. The number of nitrogens with one attached hydrogen (secondary N) is 1. The van der Waals surface area contributed by atoms with Gasteiger partial charge in [-0.1, -0.05) is 18.5 Å². The van der Waals surface area contributed by atoms with Crippen molar-refractivity contribution in [1.29, 1.82) is 0 Å². The third-order valence-corrected chi connectivity index (χ3v) is 2.75. The van der Waals surface area contributed by atoms with Gasteiger partial charge in [0.1, 0.15) is 11.3 Å². The third kappa shape index (κ3) is 3.81. The van der Waals surface area contributed by atoms with Crippen molar-refractivity contribution in [1.82, 2.24) is 4.98 Å². The van der Waals surface area contributed by atoms with E-state index >= 15 is 0 Å². The van der Waals surface area contributed by atoms with Crippen LogP contribution in [-0.2, 0) is 17.8 Å². The van der Waals surface area contributed by atoms with Crippen molar-refractivity contribution in [2.45, 2.75) is 26.1 Å². The van der Waals surface area contributed by atoms with E-state index in [-0.39, 0.29) is 30.5 Å². The number of pyridine rings is 1. The first-order valence-corrected chi connectivity index (χ1v) is 5.74. The van der Waals surface area contributed by atoms with E-state index in [2.05, 4.69) is 4.98 Å². The molecule has 0 fully saturated rings. The second kappa shape index (κ2) is 6.76. The molecule has 0 radical (unpaired) electrons. The average Bonchev–Trinajstić information content (AvgIpc) is 2.32. The normalized spacial score (nSPS) is 11.1. The Morgan fingerprint density at radius 2 is 2.06 bits per heavy atom. The second-order valence-electron chi connectivity index (χ2n) is 3.61. The van der Waals surface area contributed by atoms with Gasteiger partial charge in [-0.2, -0.15) is 0 Å². The van der Waals surface area contributed by atoms with Gasteiger partial charge in [0.25, 0.3) is 5.56 Å². The summed E-state index contributed by atoms with van der Waals surface area (Å²) in [5, 5.41) is 17.9. The van der Waals surface area contributed by atoms with Crippen molar-refractivity contribution in [2.75, 3.05) is 13.2 Å². The highest BCUT2D eigenvalue weighted by atomic mass is 35.5. The van der Waals surface area contributed by atoms with Gasteiger partial charge in [-0.3, -0.25) is 4.79 Å². The van der Waals surface area contributed by atoms with Crippen LogP contribution in [0.3, 0.4) is 0 Å². The summed E-state index contributed by atoms with van der Waals surface area (Å²) in [5.74, 6) is 0. The number of H-pyrrole nitrogens is 1. The number of rotatable bonds is 6. The van der Waals surface area contributed by atoms with Gasteiger partial charge in [0, 0.05) is 11.1 Å². The first kappa shape index (κ1) is 14.2. The molecule has 0 unspecified atom stereocenters. The van der Waals surface area contributed by atoms with Crippen molar-refractivity contribution >= 4 is 11.6 Å². The van der Waals surface area contributed by atoms with Crippen molar-refractivity contribution in [3.8, 4) is 0 Å². The molecular formula is C11H16ClNO4. The lowest BCUT2D eigenvalue weighted by molar-refractivity contribution is -0.0285. The third-order valence-electron chi connectivity index (χ3n) is 2.41. The standard InChI is InChI=1S/C11H16ClNO4/c1-2-7-3-8(10(12)13-11(7)16)6-17-9(4-14)5-15/h3,9,14-15H,2,4-6H2,1H3,(H,13,16). The Labute approximate surface area is 104 Å². The Morgan fingerprint density at radius 3 is 2.59 bits per heavy atom. The molecule has 1 heterocycles. The molecule has 0 bridgehead atoms. The highest BCUT2D eigenvalue weighted by Gasteiger charge is 2.10. The fraction of sp³-hybridized carbons (Fsp3) is 0.545. The van der Waals surface area contributed by atoms with Gasteiger partial charge in [0.2, 0.25) is 0 Å². The predicted molar refractivity (Wildman–Crippen MR) is 64.2 cm³/mol. The molecule has 96 valence electrons. The Balaban J connectivity index is 2.80. The fourth-order valence-corrected chi connectivity index (χ4v) is 1.53. The maximum Gasteiger partial charge on any atom is 0.252 e. The van der Waals surface area contributed by atoms with Crippen LogP contribution in [0, 0.1) is 0 Å². The molecule has 0 atom stereocenters. The number of hydrogen-bond donors (Lipinski definition) is 3. The van der Waals surface area contributed by atoms with Crippen LogP contribution >= 0.6 is 11.6 Å². The SMILES string of the molecule is CCc1cc(COC(CO)CO)c(Cl)[nH]c1=O. The molecule has 1 aromatic rings. The van der Waals surface area contributed by atoms with Gasteiger partial charge in [0.15, 0.2) is 0 Å². The zero-order chi connectivity index (χ0) is 12.8. The van der Waals surface area contributed by atoms with Crippen molar-refractivity contribution < 1.29 is 14.9 Å². The molecule has 0 aliphatic heterocycles. The largest absolute Gasteiger partial charge is 0.394 e. The fourth-order valence-electron chi connectivity index (χ4n) is 1.34. The molecule has 17 heavy (non-hydrogen) atoms. The van der Waals surface area contributed by atoms with Gasteiger partial charge in [-0.05, 0) is 12.5 Å². The van der Waals surface area contributed by atoms with E-state index < -0.39 is 6.10 Å². The van der Waals surface area contributed by atoms with Gasteiger partial charge in [-0.15, -0.1) is 0 Å². The molecule has 0 aromatic carbocycles. The van der Waals surface area contributed by atoms with E-state index in [1.807, 2.05) is 6.92 Å². The smallest absolute Gasteiger partial charge is 0.252 e. The number of hydrogen-bond acceptors (Lipinski definition) is 4. The van der Waals surface area contributed by atoms with E-state index in [1.54, 1.807) is 6.07 Å². The monoisotopic (exact) mass is 261 g/mol. The number of ether oxygens (including phenoxy) is 1. The number of aromatic amines is 1. The summed E-state index contributed by atoms with van der Waals surface area (Å²) in [4.78, 5) is 13.9. The van der Waals surface area contributed by atoms with Gasteiger partial charge in [-0.25, -0.2) is 0 Å². The Morgan fingerprint density at radius 1 is 1.41 bits per heavy atom. The van der Waals surface area contributed by atoms with Crippen LogP contribution < -0.4 is 5.56 Å². The highest BCUT2D eigenvalue weighted by molar-refractivity contribution is 6.30. The molecular weight excluding hydrogens is 246 g/mol. The number of aryl methyl sites for hydroxylation is 1. The van der Waals surface area contributed by atoms with Gasteiger partial charge >= 0.3 is 0 Å².